The molecule has 1 heterocycles. The molecule has 3 aliphatic rings. The van der Waals surface area contributed by atoms with Gasteiger partial charge < -0.3 is 10.4 Å². The van der Waals surface area contributed by atoms with E-state index in [4.69, 9.17) is 0 Å². The van der Waals surface area contributed by atoms with Crippen LogP contribution in [0.4, 0.5) is 0 Å². The van der Waals surface area contributed by atoms with Gasteiger partial charge in [0.2, 0.25) is 0 Å². The van der Waals surface area contributed by atoms with E-state index in [9.17, 15) is 5.11 Å². The third-order valence-corrected chi connectivity index (χ3v) is 5.31. The molecule has 3 fully saturated rings. The summed E-state index contributed by atoms with van der Waals surface area (Å²) in [4.78, 5) is 0. The molecule has 2 aliphatic carbocycles. The predicted octanol–water partition coefficient (Wildman–Crippen LogP) is 1.78. The summed E-state index contributed by atoms with van der Waals surface area (Å²) in [5.41, 5.74) is 0. The number of hydrogen-bond acceptors (Lipinski definition) is 2. The number of aliphatic hydroxyl groups is 1. The van der Waals surface area contributed by atoms with E-state index >= 15 is 0 Å². The van der Waals surface area contributed by atoms with E-state index in [0.29, 0.717) is 11.8 Å². The number of aliphatic hydroxyl groups excluding tert-OH is 1. The van der Waals surface area contributed by atoms with Gasteiger partial charge in [0.25, 0.3) is 0 Å². The molecule has 0 aromatic heterocycles. The molecular weight excluding hydrogens is 186 g/mol. The Morgan fingerprint density at radius 2 is 1.73 bits per heavy atom. The molecule has 1 saturated heterocycles. The lowest BCUT2D eigenvalue weighted by Gasteiger charge is -2.49. The second kappa shape index (κ2) is 3.74. The fourth-order valence-electron chi connectivity index (χ4n) is 4.51. The summed E-state index contributed by atoms with van der Waals surface area (Å²) in [6, 6.07) is 0.730. The van der Waals surface area contributed by atoms with E-state index < -0.39 is 0 Å². The molecule has 2 N–H and O–H groups in total. The van der Waals surface area contributed by atoms with Crippen LogP contribution in [0, 0.1) is 23.7 Å². The summed E-state index contributed by atoms with van der Waals surface area (Å²) in [7, 11) is 0. The van der Waals surface area contributed by atoms with Crippen molar-refractivity contribution in [1.82, 2.24) is 5.32 Å². The van der Waals surface area contributed by atoms with Crippen molar-refractivity contribution in [1.29, 1.82) is 0 Å². The average molecular weight is 209 g/mol. The van der Waals surface area contributed by atoms with Gasteiger partial charge in [-0.05, 0) is 49.5 Å². The Kier molecular flexibility index (Phi) is 2.52. The zero-order valence-electron chi connectivity index (χ0n) is 9.65. The predicted molar refractivity (Wildman–Crippen MR) is 60.5 cm³/mol. The summed E-state index contributed by atoms with van der Waals surface area (Å²) >= 11 is 0. The van der Waals surface area contributed by atoms with Gasteiger partial charge in [-0.15, -0.1) is 0 Å². The smallest absolute Gasteiger partial charge is 0.0600 e. The lowest BCUT2D eigenvalue weighted by atomic mass is 9.60. The van der Waals surface area contributed by atoms with Crippen molar-refractivity contribution in [3.8, 4) is 0 Å². The first-order chi connectivity index (χ1) is 7.29. The van der Waals surface area contributed by atoms with E-state index in [0.717, 1.165) is 17.9 Å². The molecule has 15 heavy (non-hydrogen) atoms. The topological polar surface area (TPSA) is 32.3 Å². The van der Waals surface area contributed by atoms with Crippen LogP contribution in [-0.2, 0) is 0 Å². The van der Waals surface area contributed by atoms with Crippen LogP contribution in [-0.4, -0.2) is 23.8 Å². The van der Waals surface area contributed by atoms with Gasteiger partial charge in [-0.1, -0.05) is 19.8 Å². The first-order valence-corrected chi connectivity index (χ1v) is 6.70. The SMILES string of the molecule is CC1C(O)C2CCCCC2C2NCCC12. The quantitative estimate of drug-likeness (QED) is 0.637. The summed E-state index contributed by atoms with van der Waals surface area (Å²) in [6.45, 7) is 3.44. The molecule has 0 radical (unpaired) electrons. The number of fused-ring (bicyclic) bond motifs is 3. The highest BCUT2D eigenvalue weighted by atomic mass is 16.3. The zero-order valence-corrected chi connectivity index (χ0v) is 9.65. The molecular formula is C13H23NO. The number of rotatable bonds is 0. The zero-order chi connectivity index (χ0) is 10.4. The molecule has 0 aromatic carbocycles. The first kappa shape index (κ1) is 10.1. The summed E-state index contributed by atoms with van der Waals surface area (Å²) in [6.07, 6.45) is 6.60. The highest BCUT2D eigenvalue weighted by Crippen LogP contribution is 2.47. The van der Waals surface area contributed by atoms with Gasteiger partial charge in [0, 0.05) is 6.04 Å². The van der Waals surface area contributed by atoms with Gasteiger partial charge in [-0.3, -0.25) is 0 Å². The molecule has 86 valence electrons. The van der Waals surface area contributed by atoms with Crippen molar-refractivity contribution in [3.05, 3.63) is 0 Å². The fourth-order valence-corrected chi connectivity index (χ4v) is 4.51. The fraction of sp³-hybridized carbons (Fsp3) is 1.00. The maximum Gasteiger partial charge on any atom is 0.0600 e. The second-order valence-corrected chi connectivity index (χ2v) is 5.89. The monoisotopic (exact) mass is 209 g/mol. The van der Waals surface area contributed by atoms with Crippen molar-refractivity contribution in [2.45, 2.75) is 51.2 Å². The molecule has 6 unspecified atom stereocenters. The van der Waals surface area contributed by atoms with Crippen molar-refractivity contribution in [2.75, 3.05) is 6.54 Å². The minimum absolute atomic E-state index is 0.0172. The highest BCUT2D eigenvalue weighted by molar-refractivity contribution is 5.03. The Morgan fingerprint density at radius 3 is 2.53 bits per heavy atom. The van der Waals surface area contributed by atoms with E-state index in [1.54, 1.807) is 0 Å². The lowest BCUT2D eigenvalue weighted by molar-refractivity contribution is -0.0631. The van der Waals surface area contributed by atoms with Crippen molar-refractivity contribution in [3.63, 3.8) is 0 Å². The molecule has 0 bridgehead atoms. The number of hydrogen-bond donors (Lipinski definition) is 2. The molecule has 2 saturated carbocycles. The highest BCUT2D eigenvalue weighted by Gasteiger charge is 2.49. The van der Waals surface area contributed by atoms with Crippen molar-refractivity contribution in [2.24, 2.45) is 23.7 Å². The molecule has 3 rings (SSSR count). The van der Waals surface area contributed by atoms with Crippen LogP contribution in [0.1, 0.15) is 39.0 Å². The van der Waals surface area contributed by atoms with E-state index in [2.05, 4.69) is 12.2 Å². The van der Waals surface area contributed by atoms with Gasteiger partial charge in [0.1, 0.15) is 0 Å². The summed E-state index contributed by atoms with van der Waals surface area (Å²) in [5, 5.41) is 14.1. The van der Waals surface area contributed by atoms with Gasteiger partial charge in [0.05, 0.1) is 6.10 Å². The van der Waals surface area contributed by atoms with Crippen LogP contribution in [0.5, 0.6) is 0 Å². The van der Waals surface area contributed by atoms with Crippen molar-refractivity contribution < 1.29 is 5.11 Å². The third-order valence-electron chi connectivity index (χ3n) is 5.31. The minimum atomic E-state index is -0.0172. The molecule has 0 amide bonds. The van der Waals surface area contributed by atoms with Gasteiger partial charge in [-0.2, -0.15) is 0 Å². The largest absolute Gasteiger partial charge is 0.393 e. The molecule has 6 atom stereocenters. The van der Waals surface area contributed by atoms with E-state index in [1.807, 2.05) is 0 Å². The number of nitrogens with one attached hydrogen (secondary N) is 1. The molecule has 1 aliphatic heterocycles. The van der Waals surface area contributed by atoms with E-state index in [-0.39, 0.29) is 6.10 Å². The lowest BCUT2D eigenvalue weighted by Crippen LogP contribution is -2.53. The van der Waals surface area contributed by atoms with Crippen LogP contribution >= 0.6 is 0 Å². The normalized spacial score (nSPS) is 54.8. The second-order valence-electron chi connectivity index (χ2n) is 5.89. The maximum atomic E-state index is 10.4. The van der Waals surface area contributed by atoms with Crippen LogP contribution in [0.25, 0.3) is 0 Å². The average Bonchev–Trinajstić information content (AvgIpc) is 2.75. The standard InChI is InChI=1S/C13H23NO/c1-8-9-6-7-14-12(9)10-4-2-3-5-11(10)13(8)15/h8-15H,2-7H2,1H3. The Morgan fingerprint density at radius 1 is 1.00 bits per heavy atom. The van der Waals surface area contributed by atoms with E-state index in [1.165, 1.54) is 38.6 Å². The molecule has 2 nitrogen and oxygen atoms in total. The summed E-state index contributed by atoms with van der Waals surface area (Å²) in [5.74, 6) is 2.64. The maximum absolute atomic E-state index is 10.4. The first-order valence-electron chi connectivity index (χ1n) is 6.70. The van der Waals surface area contributed by atoms with Crippen molar-refractivity contribution >= 4 is 0 Å². The Hall–Kier alpha value is -0.0800. The van der Waals surface area contributed by atoms with Crippen LogP contribution in [0.3, 0.4) is 0 Å². The Bertz CT molecular complexity index is 241. The summed E-state index contributed by atoms with van der Waals surface area (Å²) < 4.78 is 0. The van der Waals surface area contributed by atoms with Gasteiger partial charge in [-0.25, -0.2) is 0 Å². The Labute approximate surface area is 92.4 Å². The van der Waals surface area contributed by atoms with Crippen LogP contribution in [0.2, 0.25) is 0 Å². The Balaban J connectivity index is 1.86. The molecule has 0 aromatic rings. The third kappa shape index (κ3) is 1.45. The molecule has 2 heteroatoms. The van der Waals surface area contributed by atoms with Gasteiger partial charge in [0.15, 0.2) is 0 Å². The minimum Gasteiger partial charge on any atom is -0.393 e. The van der Waals surface area contributed by atoms with Crippen LogP contribution in [0.15, 0.2) is 0 Å². The van der Waals surface area contributed by atoms with Crippen LogP contribution < -0.4 is 5.32 Å². The van der Waals surface area contributed by atoms with Gasteiger partial charge >= 0.3 is 0 Å². The molecule has 0 spiro atoms.